The Bertz CT molecular complexity index is 921. The quantitative estimate of drug-likeness (QED) is 0.764. The van der Waals surface area contributed by atoms with Crippen molar-refractivity contribution in [1.29, 1.82) is 0 Å². The van der Waals surface area contributed by atoms with Gasteiger partial charge in [0.25, 0.3) is 5.91 Å². The van der Waals surface area contributed by atoms with Gasteiger partial charge in [0.15, 0.2) is 11.7 Å². The van der Waals surface area contributed by atoms with Crippen molar-refractivity contribution >= 4 is 32.6 Å². The second-order valence-corrected chi connectivity index (χ2v) is 6.68. The minimum Gasteiger partial charge on any atom is -0.483 e. The molecule has 0 bridgehead atoms. The summed E-state index contributed by atoms with van der Waals surface area (Å²) in [6.45, 7) is 5.82. The molecule has 0 saturated heterocycles. The highest BCUT2D eigenvalue weighted by atomic mass is 32.1. The predicted molar refractivity (Wildman–Crippen MR) is 94.4 cm³/mol. The van der Waals surface area contributed by atoms with Gasteiger partial charge >= 0.3 is 0 Å². The molecule has 124 valence electrons. The highest BCUT2D eigenvalue weighted by Gasteiger charge is 2.12. The lowest BCUT2D eigenvalue weighted by molar-refractivity contribution is -0.118. The van der Waals surface area contributed by atoms with Crippen LogP contribution in [0.4, 0.5) is 9.52 Å². The van der Waals surface area contributed by atoms with E-state index < -0.39 is 5.82 Å². The zero-order chi connectivity index (χ0) is 17.3. The number of nitrogens with one attached hydrogen (secondary N) is 1. The molecule has 4 nitrogen and oxygen atoms in total. The Morgan fingerprint density at radius 2 is 2.08 bits per heavy atom. The number of carbonyl (C=O) groups is 1. The van der Waals surface area contributed by atoms with E-state index in [0.717, 1.165) is 16.7 Å². The lowest BCUT2D eigenvalue weighted by Crippen LogP contribution is -2.20. The molecule has 0 spiro atoms. The molecule has 6 heteroatoms. The summed E-state index contributed by atoms with van der Waals surface area (Å²) in [5.74, 6) is -0.0302. The highest BCUT2D eigenvalue weighted by Crippen LogP contribution is 2.27. The Hall–Kier alpha value is -2.47. The minimum atomic E-state index is -0.397. The van der Waals surface area contributed by atoms with Crippen molar-refractivity contribution in [2.75, 3.05) is 11.9 Å². The van der Waals surface area contributed by atoms with E-state index in [2.05, 4.69) is 16.4 Å². The van der Waals surface area contributed by atoms with Gasteiger partial charge in [-0.15, -0.1) is 0 Å². The summed E-state index contributed by atoms with van der Waals surface area (Å²) in [6, 6.07) is 8.70. The topological polar surface area (TPSA) is 51.2 Å². The summed E-state index contributed by atoms with van der Waals surface area (Å²) < 4.78 is 19.9. The third-order valence-corrected chi connectivity index (χ3v) is 4.67. The number of carbonyl (C=O) groups excluding carboxylic acids is 1. The van der Waals surface area contributed by atoms with Gasteiger partial charge in [-0.3, -0.25) is 10.1 Å². The first kappa shape index (κ1) is 16.4. The molecule has 0 atom stereocenters. The van der Waals surface area contributed by atoms with Gasteiger partial charge in [-0.25, -0.2) is 9.37 Å². The Labute approximate surface area is 143 Å². The Balaban J connectivity index is 1.68. The molecule has 0 fully saturated rings. The average molecular weight is 344 g/mol. The summed E-state index contributed by atoms with van der Waals surface area (Å²) in [7, 11) is 0. The number of aryl methyl sites for hydroxylation is 2. The van der Waals surface area contributed by atoms with E-state index in [1.807, 2.05) is 26.8 Å². The van der Waals surface area contributed by atoms with E-state index in [1.54, 1.807) is 12.1 Å². The summed E-state index contributed by atoms with van der Waals surface area (Å²) in [5, 5.41) is 3.02. The van der Waals surface area contributed by atoms with Crippen LogP contribution in [-0.4, -0.2) is 17.5 Å². The number of anilines is 1. The standard InChI is InChI=1S/C18H17FN2O2S/c1-10-7-11(2)12(3)14(8-10)23-9-16(22)20-18-21-17-13(19)5-4-6-15(17)24-18/h4-8H,9H2,1-3H3,(H,20,21,22). The van der Waals surface area contributed by atoms with Crippen molar-refractivity contribution in [2.45, 2.75) is 20.8 Å². The van der Waals surface area contributed by atoms with Crippen LogP contribution in [0.2, 0.25) is 0 Å². The molecule has 0 unspecified atom stereocenters. The lowest BCUT2D eigenvalue weighted by atomic mass is 10.1. The summed E-state index contributed by atoms with van der Waals surface area (Å²) in [5.41, 5.74) is 3.47. The smallest absolute Gasteiger partial charge is 0.264 e. The molecule has 1 N–H and O–H groups in total. The van der Waals surface area contributed by atoms with E-state index >= 15 is 0 Å². The number of benzene rings is 2. The van der Waals surface area contributed by atoms with Crippen LogP contribution >= 0.6 is 11.3 Å². The molecule has 0 radical (unpaired) electrons. The minimum absolute atomic E-state index is 0.123. The predicted octanol–water partition coefficient (Wildman–Crippen LogP) is 4.38. The molecule has 1 amide bonds. The molecule has 0 aliphatic carbocycles. The number of ether oxygens (including phenoxy) is 1. The number of halogens is 1. The Kier molecular flexibility index (Phi) is 4.49. The van der Waals surface area contributed by atoms with Crippen LogP contribution in [0.5, 0.6) is 5.75 Å². The number of rotatable bonds is 4. The van der Waals surface area contributed by atoms with E-state index in [1.165, 1.54) is 17.4 Å². The number of fused-ring (bicyclic) bond motifs is 1. The first-order valence-corrected chi connectivity index (χ1v) is 8.31. The molecule has 0 saturated carbocycles. The first-order valence-electron chi connectivity index (χ1n) is 7.49. The van der Waals surface area contributed by atoms with Gasteiger partial charge in [-0.1, -0.05) is 23.5 Å². The van der Waals surface area contributed by atoms with Gasteiger partial charge in [0.2, 0.25) is 0 Å². The molecule has 1 heterocycles. The van der Waals surface area contributed by atoms with Gasteiger partial charge in [0.1, 0.15) is 17.1 Å². The Morgan fingerprint density at radius 1 is 1.29 bits per heavy atom. The number of thiazole rings is 1. The van der Waals surface area contributed by atoms with Crippen molar-refractivity contribution in [3.05, 3.63) is 52.8 Å². The van der Waals surface area contributed by atoms with Crippen molar-refractivity contribution in [2.24, 2.45) is 0 Å². The number of para-hydroxylation sites is 1. The molecule has 2 aromatic carbocycles. The van der Waals surface area contributed by atoms with Crippen LogP contribution in [0.25, 0.3) is 10.2 Å². The van der Waals surface area contributed by atoms with Gasteiger partial charge in [-0.05, 0) is 55.7 Å². The van der Waals surface area contributed by atoms with Crippen molar-refractivity contribution in [3.63, 3.8) is 0 Å². The van der Waals surface area contributed by atoms with Crippen LogP contribution in [0, 0.1) is 26.6 Å². The van der Waals surface area contributed by atoms with Gasteiger partial charge in [0, 0.05) is 0 Å². The maximum absolute atomic E-state index is 13.6. The fourth-order valence-corrected chi connectivity index (χ4v) is 3.31. The number of nitrogens with zero attached hydrogens (tertiary/aromatic N) is 1. The largest absolute Gasteiger partial charge is 0.483 e. The fraction of sp³-hybridized carbons (Fsp3) is 0.222. The molecule has 0 aliphatic heterocycles. The number of hydrogen-bond acceptors (Lipinski definition) is 4. The third-order valence-electron chi connectivity index (χ3n) is 3.74. The molecule has 3 rings (SSSR count). The highest BCUT2D eigenvalue weighted by molar-refractivity contribution is 7.22. The van der Waals surface area contributed by atoms with Crippen LogP contribution in [0.3, 0.4) is 0 Å². The van der Waals surface area contributed by atoms with E-state index in [4.69, 9.17) is 4.74 Å². The number of amides is 1. The molecular weight excluding hydrogens is 327 g/mol. The van der Waals surface area contributed by atoms with Crippen LogP contribution in [0.1, 0.15) is 16.7 Å². The van der Waals surface area contributed by atoms with Crippen LogP contribution in [0.15, 0.2) is 30.3 Å². The molecular formula is C18H17FN2O2S. The molecule has 0 aliphatic rings. The van der Waals surface area contributed by atoms with E-state index in [-0.39, 0.29) is 18.0 Å². The molecule has 1 aromatic heterocycles. The van der Waals surface area contributed by atoms with E-state index in [9.17, 15) is 9.18 Å². The second-order valence-electron chi connectivity index (χ2n) is 5.65. The van der Waals surface area contributed by atoms with Crippen molar-refractivity contribution in [1.82, 2.24) is 4.98 Å². The van der Waals surface area contributed by atoms with Crippen molar-refractivity contribution < 1.29 is 13.9 Å². The average Bonchev–Trinajstić information content (AvgIpc) is 2.93. The van der Waals surface area contributed by atoms with Gasteiger partial charge in [0.05, 0.1) is 4.70 Å². The maximum atomic E-state index is 13.6. The normalized spacial score (nSPS) is 10.8. The third kappa shape index (κ3) is 3.38. The maximum Gasteiger partial charge on any atom is 0.264 e. The summed E-state index contributed by atoms with van der Waals surface area (Å²) in [6.07, 6.45) is 0. The molecule has 3 aromatic rings. The Morgan fingerprint density at radius 3 is 2.83 bits per heavy atom. The van der Waals surface area contributed by atoms with Crippen molar-refractivity contribution in [3.8, 4) is 5.75 Å². The second kappa shape index (κ2) is 6.57. The number of aromatic nitrogens is 1. The zero-order valence-electron chi connectivity index (χ0n) is 13.6. The van der Waals surface area contributed by atoms with Gasteiger partial charge < -0.3 is 4.74 Å². The summed E-state index contributed by atoms with van der Waals surface area (Å²) >= 11 is 1.23. The monoisotopic (exact) mass is 344 g/mol. The first-order chi connectivity index (χ1) is 11.4. The number of hydrogen-bond donors (Lipinski definition) is 1. The van der Waals surface area contributed by atoms with Crippen LogP contribution < -0.4 is 10.1 Å². The van der Waals surface area contributed by atoms with Crippen LogP contribution in [-0.2, 0) is 4.79 Å². The van der Waals surface area contributed by atoms with Gasteiger partial charge in [-0.2, -0.15) is 0 Å². The lowest BCUT2D eigenvalue weighted by Gasteiger charge is -2.11. The van der Waals surface area contributed by atoms with E-state index in [0.29, 0.717) is 15.6 Å². The SMILES string of the molecule is Cc1cc(C)c(C)c(OCC(=O)Nc2nc3c(F)cccc3s2)c1. The fourth-order valence-electron chi connectivity index (χ4n) is 2.42. The summed E-state index contributed by atoms with van der Waals surface area (Å²) in [4.78, 5) is 16.2. The zero-order valence-corrected chi connectivity index (χ0v) is 14.5. The molecule has 24 heavy (non-hydrogen) atoms.